The Labute approximate surface area is 180 Å². The average Bonchev–Trinajstić information content (AvgIpc) is 3.59. The molecule has 2 amide bonds. The molecule has 3 fully saturated rings. The molecule has 7 nitrogen and oxygen atoms in total. The molecule has 1 saturated carbocycles. The van der Waals surface area contributed by atoms with Crippen LogP contribution in [-0.2, 0) is 19.6 Å². The molecule has 2 saturated heterocycles. The van der Waals surface area contributed by atoms with E-state index in [-0.39, 0.29) is 41.6 Å². The number of piperidine rings is 2. The second-order valence-electron chi connectivity index (χ2n) is 8.66. The lowest BCUT2D eigenvalue weighted by atomic mass is 9.92. The number of nitrogens with zero attached hydrogens (tertiary/aromatic N) is 2. The van der Waals surface area contributed by atoms with Crippen LogP contribution in [0, 0.1) is 23.5 Å². The molecule has 170 valence electrons. The van der Waals surface area contributed by atoms with Gasteiger partial charge in [0, 0.05) is 38.1 Å². The van der Waals surface area contributed by atoms with Crippen molar-refractivity contribution in [3.05, 3.63) is 29.8 Å². The molecular formula is C21H27F2N3O4S. The van der Waals surface area contributed by atoms with Crippen molar-refractivity contribution in [2.45, 2.75) is 49.5 Å². The molecule has 1 atom stereocenters. The van der Waals surface area contributed by atoms with E-state index < -0.39 is 21.7 Å². The Morgan fingerprint density at radius 2 is 1.65 bits per heavy atom. The Morgan fingerprint density at radius 3 is 2.29 bits per heavy atom. The first kappa shape index (κ1) is 22.1. The molecule has 31 heavy (non-hydrogen) atoms. The Hall–Kier alpha value is -2.07. The first-order valence-electron chi connectivity index (χ1n) is 10.8. The Morgan fingerprint density at radius 1 is 0.935 bits per heavy atom. The fourth-order valence-electron chi connectivity index (χ4n) is 4.33. The van der Waals surface area contributed by atoms with E-state index >= 15 is 0 Å². The fraction of sp³-hybridized carbons (Fsp3) is 0.619. The van der Waals surface area contributed by atoms with E-state index in [1.54, 1.807) is 4.90 Å². The van der Waals surface area contributed by atoms with Gasteiger partial charge in [0.2, 0.25) is 21.8 Å². The van der Waals surface area contributed by atoms with Gasteiger partial charge in [-0.15, -0.1) is 0 Å². The maximum absolute atomic E-state index is 13.5. The van der Waals surface area contributed by atoms with Crippen LogP contribution in [0.1, 0.15) is 38.5 Å². The molecule has 2 heterocycles. The minimum absolute atomic E-state index is 0.0208. The van der Waals surface area contributed by atoms with Gasteiger partial charge in [-0.05, 0) is 56.7 Å². The van der Waals surface area contributed by atoms with Crippen LogP contribution in [-0.4, -0.2) is 61.7 Å². The summed E-state index contributed by atoms with van der Waals surface area (Å²) in [6.45, 7) is 1.29. The Bertz CT molecular complexity index is 959. The molecule has 1 unspecified atom stereocenters. The smallest absolute Gasteiger partial charge is 0.243 e. The zero-order chi connectivity index (χ0) is 22.2. The largest absolute Gasteiger partial charge is 0.353 e. The van der Waals surface area contributed by atoms with E-state index in [2.05, 4.69) is 5.32 Å². The van der Waals surface area contributed by atoms with Crippen LogP contribution in [0.4, 0.5) is 8.78 Å². The van der Waals surface area contributed by atoms with Crippen molar-refractivity contribution in [3.63, 3.8) is 0 Å². The molecule has 1 N–H and O–H groups in total. The molecule has 0 bridgehead atoms. The molecular weight excluding hydrogens is 428 g/mol. The summed E-state index contributed by atoms with van der Waals surface area (Å²) in [6, 6.07) is 2.82. The van der Waals surface area contributed by atoms with Crippen LogP contribution in [0.3, 0.4) is 0 Å². The summed E-state index contributed by atoms with van der Waals surface area (Å²) in [5.41, 5.74) is 0. The molecule has 2 aliphatic heterocycles. The number of hydrogen-bond acceptors (Lipinski definition) is 4. The maximum Gasteiger partial charge on any atom is 0.243 e. The van der Waals surface area contributed by atoms with Gasteiger partial charge in [0.1, 0.15) is 0 Å². The molecule has 4 rings (SSSR count). The number of benzene rings is 1. The van der Waals surface area contributed by atoms with Gasteiger partial charge < -0.3 is 10.2 Å². The van der Waals surface area contributed by atoms with E-state index in [1.807, 2.05) is 0 Å². The van der Waals surface area contributed by atoms with Crippen molar-refractivity contribution in [3.8, 4) is 0 Å². The summed E-state index contributed by atoms with van der Waals surface area (Å²) in [5, 5.41) is 3.01. The van der Waals surface area contributed by atoms with Crippen molar-refractivity contribution < 1.29 is 26.8 Å². The van der Waals surface area contributed by atoms with E-state index in [1.165, 1.54) is 4.31 Å². The van der Waals surface area contributed by atoms with Crippen LogP contribution in [0.25, 0.3) is 0 Å². The summed E-state index contributed by atoms with van der Waals surface area (Å²) >= 11 is 0. The standard InChI is InChI=1S/C21H27F2N3O4S/c22-18-6-5-17(12-19(18)23)31(29,30)26-10-7-14(8-11-26)21(28)25-9-1-2-15(13-25)20(27)24-16-3-4-16/h5-6,12,14-16H,1-4,7-11,13H2,(H,24,27). The van der Waals surface area contributed by atoms with Crippen molar-refractivity contribution in [1.29, 1.82) is 0 Å². The summed E-state index contributed by atoms with van der Waals surface area (Å²) in [7, 11) is -3.95. The minimum atomic E-state index is -3.95. The number of halogens is 2. The van der Waals surface area contributed by atoms with Gasteiger partial charge in [-0.1, -0.05) is 0 Å². The predicted octanol–water partition coefficient (Wildman–Crippen LogP) is 1.88. The quantitative estimate of drug-likeness (QED) is 0.735. The van der Waals surface area contributed by atoms with Gasteiger partial charge in [-0.25, -0.2) is 17.2 Å². The van der Waals surface area contributed by atoms with Gasteiger partial charge in [0.05, 0.1) is 10.8 Å². The van der Waals surface area contributed by atoms with Crippen LogP contribution >= 0.6 is 0 Å². The zero-order valence-electron chi connectivity index (χ0n) is 17.2. The van der Waals surface area contributed by atoms with Gasteiger partial charge >= 0.3 is 0 Å². The number of amides is 2. The summed E-state index contributed by atoms with van der Waals surface area (Å²) < 4.78 is 53.3. The average molecular weight is 456 g/mol. The van der Waals surface area contributed by atoms with Crippen LogP contribution in [0.2, 0.25) is 0 Å². The van der Waals surface area contributed by atoms with Gasteiger partial charge in [0.25, 0.3) is 0 Å². The molecule has 1 aliphatic carbocycles. The summed E-state index contributed by atoms with van der Waals surface area (Å²) in [4.78, 5) is 26.8. The third-order valence-electron chi connectivity index (χ3n) is 6.36. The monoisotopic (exact) mass is 455 g/mol. The van der Waals surface area contributed by atoms with Crippen molar-refractivity contribution >= 4 is 21.8 Å². The second-order valence-corrected chi connectivity index (χ2v) is 10.6. The second kappa shape index (κ2) is 8.82. The van der Waals surface area contributed by atoms with E-state index in [4.69, 9.17) is 0 Å². The lowest BCUT2D eigenvalue weighted by molar-refractivity contribution is -0.140. The topological polar surface area (TPSA) is 86.8 Å². The predicted molar refractivity (Wildman–Crippen MR) is 108 cm³/mol. The van der Waals surface area contributed by atoms with E-state index in [0.717, 1.165) is 37.8 Å². The van der Waals surface area contributed by atoms with Crippen molar-refractivity contribution in [1.82, 2.24) is 14.5 Å². The highest BCUT2D eigenvalue weighted by molar-refractivity contribution is 7.89. The fourth-order valence-corrected chi connectivity index (χ4v) is 5.81. The molecule has 0 spiro atoms. The molecule has 1 aromatic rings. The Kier molecular flexibility index (Phi) is 6.30. The molecule has 1 aromatic carbocycles. The van der Waals surface area contributed by atoms with Gasteiger partial charge in [0.15, 0.2) is 11.6 Å². The highest BCUT2D eigenvalue weighted by atomic mass is 32.2. The molecule has 3 aliphatic rings. The summed E-state index contributed by atoms with van der Waals surface area (Å²) in [6.07, 6.45) is 4.31. The number of likely N-dealkylation sites (tertiary alicyclic amines) is 1. The zero-order valence-corrected chi connectivity index (χ0v) is 18.0. The summed E-state index contributed by atoms with van der Waals surface area (Å²) in [5.74, 6) is -2.82. The number of sulfonamides is 1. The lowest BCUT2D eigenvalue weighted by Gasteiger charge is -2.37. The molecule has 10 heteroatoms. The number of rotatable bonds is 5. The molecule has 0 radical (unpaired) electrons. The third-order valence-corrected chi connectivity index (χ3v) is 8.25. The third kappa shape index (κ3) is 4.90. The number of carbonyl (C=O) groups is 2. The normalized spacial score (nSPS) is 23.5. The lowest BCUT2D eigenvalue weighted by Crippen LogP contribution is -2.49. The molecule has 0 aromatic heterocycles. The van der Waals surface area contributed by atoms with Gasteiger partial charge in [-0.3, -0.25) is 9.59 Å². The highest BCUT2D eigenvalue weighted by Gasteiger charge is 2.37. The Balaban J connectivity index is 1.34. The first-order valence-corrected chi connectivity index (χ1v) is 12.2. The van der Waals surface area contributed by atoms with Crippen LogP contribution in [0.15, 0.2) is 23.1 Å². The SMILES string of the molecule is O=C(NC1CC1)C1CCCN(C(=O)C2CCN(S(=O)(=O)c3ccc(F)c(F)c3)CC2)C1. The maximum atomic E-state index is 13.5. The number of nitrogens with one attached hydrogen (secondary N) is 1. The first-order chi connectivity index (χ1) is 14.8. The van der Waals surface area contributed by atoms with Crippen LogP contribution in [0.5, 0.6) is 0 Å². The van der Waals surface area contributed by atoms with Crippen molar-refractivity contribution in [2.24, 2.45) is 11.8 Å². The van der Waals surface area contributed by atoms with Crippen LogP contribution < -0.4 is 5.32 Å². The number of hydrogen-bond donors (Lipinski definition) is 1. The number of carbonyl (C=O) groups excluding carboxylic acids is 2. The van der Waals surface area contributed by atoms with E-state index in [9.17, 15) is 26.8 Å². The minimum Gasteiger partial charge on any atom is -0.353 e. The van der Waals surface area contributed by atoms with E-state index in [0.29, 0.717) is 38.0 Å². The van der Waals surface area contributed by atoms with Gasteiger partial charge in [-0.2, -0.15) is 4.31 Å². The van der Waals surface area contributed by atoms with Crippen molar-refractivity contribution in [2.75, 3.05) is 26.2 Å². The highest BCUT2D eigenvalue weighted by Crippen LogP contribution is 2.28.